The average molecular weight is 455 g/mol. The zero-order valence-corrected chi connectivity index (χ0v) is 18.3. The Kier molecular flexibility index (Phi) is 6.03. The number of nitro benzene ring substituents is 1. The molecule has 2 aromatic rings. The second-order valence-electron chi connectivity index (χ2n) is 7.88. The lowest BCUT2D eigenvalue weighted by molar-refractivity contribution is -0.384. The lowest BCUT2D eigenvalue weighted by atomic mass is 9.79. The van der Waals surface area contributed by atoms with Crippen LogP contribution in [0.5, 0.6) is 0 Å². The number of rotatable bonds is 7. The van der Waals surface area contributed by atoms with Gasteiger partial charge in [0.1, 0.15) is 12.3 Å². The monoisotopic (exact) mass is 454 g/mol. The van der Waals surface area contributed by atoms with Gasteiger partial charge in [-0.25, -0.2) is 4.79 Å². The molecule has 2 aliphatic heterocycles. The van der Waals surface area contributed by atoms with E-state index in [2.05, 4.69) is 0 Å². The molecule has 0 aromatic heterocycles. The number of nitro groups is 1. The highest BCUT2D eigenvalue weighted by atomic mass is 32.2. The summed E-state index contributed by atoms with van der Waals surface area (Å²) in [5, 5.41) is 20.9. The standard InChI is InChI=1S/C23H22N2O6S/c1-13-19-18(14(2)26)22(27)24(19)20(21(13)32-17-6-4-3-5-7-17)23(28)31-12-15-8-10-16(11-9-15)25(29)30/h3-11,13-14,18-19,26H,12H2,1-2H3/t13-,14-,18-,19-/m1/s1. The SMILES string of the molecule is C[C@@H](O)[C@H]1C(=O)N2C(C(=O)OCc3ccc([N+](=O)[O-])cc3)=C(Sc3ccccc3)[C@H](C)[C@H]12. The summed E-state index contributed by atoms with van der Waals surface area (Å²) in [6, 6.07) is 15.0. The average Bonchev–Trinajstić information content (AvgIpc) is 3.01. The van der Waals surface area contributed by atoms with Crippen molar-refractivity contribution in [3.05, 3.63) is 80.9 Å². The van der Waals surface area contributed by atoms with E-state index < -0.39 is 22.9 Å². The fraction of sp³-hybridized carbons (Fsp3) is 0.304. The van der Waals surface area contributed by atoms with Crippen molar-refractivity contribution in [1.29, 1.82) is 0 Å². The van der Waals surface area contributed by atoms with E-state index in [0.29, 0.717) is 5.56 Å². The van der Waals surface area contributed by atoms with Gasteiger partial charge in [0, 0.05) is 27.9 Å². The van der Waals surface area contributed by atoms with Gasteiger partial charge in [-0.2, -0.15) is 0 Å². The summed E-state index contributed by atoms with van der Waals surface area (Å²) in [6.45, 7) is 3.45. The number of benzene rings is 2. The minimum atomic E-state index is -0.815. The summed E-state index contributed by atoms with van der Waals surface area (Å²) in [6.07, 6.45) is -0.815. The van der Waals surface area contributed by atoms with Gasteiger partial charge in [0.15, 0.2) is 0 Å². The number of ether oxygens (including phenoxy) is 1. The van der Waals surface area contributed by atoms with E-state index in [1.807, 2.05) is 37.3 Å². The number of aliphatic hydroxyl groups excluding tert-OH is 1. The maximum atomic E-state index is 13.1. The van der Waals surface area contributed by atoms with Crippen LogP contribution in [0.15, 0.2) is 70.1 Å². The van der Waals surface area contributed by atoms with Crippen molar-refractivity contribution in [3.8, 4) is 0 Å². The zero-order valence-electron chi connectivity index (χ0n) is 17.5. The summed E-state index contributed by atoms with van der Waals surface area (Å²) in [7, 11) is 0. The first-order chi connectivity index (χ1) is 15.3. The Morgan fingerprint density at radius 2 is 1.88 bits per heavy atom. The van der Waals surface area contributed by atoms with Crippen LogP contribution in [-0.2, 0) is 20.9 Å². The van der Waals surface area contributed by atoms with Gasteiger partial charge >= 0.3 is 5.97 Å². The summed E-state index contributed by atoms with van der Waals surface area (Å²) >= 11 is 1.41. The van der Waals surface area contributed by atoms with Crippen molar-refractivity contribution < 1.29 is 24.4 Å². The molecule has 1 N–H and O–H groups in total. The molecule has 2 heterocycles. The van der Waals surface area contributed by atoms with E-state index in [1.54, 1.807) is 6.92 Å². The Balaban J connectivity index is 1.58. The quantitative estimate of drug-likeness (QED) is 0.295. The van der Waals surface area contributed by atoms with Crippen LogP contribution in [0.25, 0.3) is 0 Å². The molecule has 1 saturated heterocycles. The molecule has 4 atom stereocenters. The normalized spacial score (nSPS) is 22.9. The number of fused-ring (bicyclic) bond motifs is 1. The van der Waals surface area contributed by atoms with Crippen LogP contribution in [0.1, 0.15) is 19.4 Å². The Labute approximate surface area is 189 Å². The first-order valence-electron chi connectivity index (χ1n) is 10.2. The smallest absolute Gasteiger partial charge is 0.356 e. The molecule has 0 unspecified atom stereocenters. The van der Waals surface area contributed by atoms with Gasteiger partial charge in [0.05, 0.1) is 23.0 Å². The van der Waals surface area contributed by atoms with Crippen molar-refractivity contribution in [2.75, 3.05) is 0 Å². The summed E-state index contributed by atoms with van der Waals surface area (Å²) in [5.41, 5.74) is 0.758. The minimum absolute atomic E-state index is 0.0490. The highest BCUT2D eigenvalue weighted by molar-refractivity contribution is 8.03. The number of amides is 1. The van der Waals surface area contributed by atoms with Gasteiger partial charge in [-0.1, -0.05) is 36.9 Å². The molecule has 9 heteroatoms. The molecule has 1 fully saturated rings. The number of hydrogen-bond acceptors (Lipinski definition) is 7. The fourth-order valence-electron chi connectivity index (χ4n) is 4.19. The van der Waals surface area contributed by atoms with Crippen molar-refractivity contribution in [2.24, 2.45) is 11.8 Å². The number of thioether (sulfide) groups is 1. The largest absolute Gasteiger partial charge is 0.456 e. The molecule has 2 aromatic carbocycles. The Morgan fingerprint density at radius 1 is 1.22 bits per heavy atom. The molecule has 1 amide bonds. The van der Waals surface area contributed by atoms with Crippen molar-refractivity contribution >= 4 is 29.3 Å². The van der Waals surface area contributed by atoms with Crippen LogP contribution in [0.2, 0.25) is 0 Å². The maximum Gasteiger partial charge on any atom is 0.356 e. The topological polar surface area (TPSA) is 110 Å². The van der Waals surface area contributed by atoms with Gasteiger partial charge < -0.3 is 14.7 Å². The predicted molar refractivity (Wildman–Crippen MR) is 117 cm³/mol. The van der Waals surface area contributed by atoms with Crippen LogP contribution in [-0.4, -0.2) is 39.0 Å². The van der Waals surface area contributed by atoms with Crippen molar-refractivity contribution in [2.45, 2.75) is 37.5 Å². The number of hydrogen-bond donors (Lipinski definition) is 1. The number of carbonyl (C=O) groups excluding carboxylic acids is 2. The van der Waals surface area contributed by atoms with E-state index in [0.717, 1.165) is 9.80 Å². The van der Waals surface area contributed by atoms with Gasteiger partial charge in [0.2, 0.25) is 5.91 Å². The van der Waals surface area contributed by atoms with Crippen LogP contribution >= 0.6 is 11.8 Å². The third kappa shape index (κ3) is 3.89. The molecule has 0 saturated carbocycles. The van der Waals surface area contributed by atoms with E-state index in [-0.39, 0.29) is 35.9 Å². The second kappa shape index (κ2) is 8.76. The van der Waals surface area contributed by atoms with E-state index >= 15 is 0 Å². The first kappa shape index (κ1) is 22.0. The third-order valence-corrected chi connectivity index (χ3v) is 7.08. The molecular weight excluding hydrogens is 432 g/mol. The zero-order chi connectivity index (χ0) is 23.0. The molecule has 4 rings (SSSR count). The highest BCUT2D eigenvalue weighted by Crippen LogP contribution is 2.52. The number of non-ortho nitro benzene ring substituents is 1. The number of β-lactam (4-membered cyclic amide) rings is 1. The number of nitrogens with zero attached hydrogens (tertiary/aromatic N) is 2. The molecule has 0 radical (unpaired) electrons. The Morgan fingerprint density at radius 3 is 2.47 bits per heavy atom. The fourth-order valence-corrected chi connectivity index (χ4v) is 5.34. The van der Waals surface area contributed by atoms with Crippen molar-refractivity contribution in [1.82, 2.24) is 4.90 Å². The summed E-state index contributed by atoms with van der Waals surface area (Å²) < 4.78 is 5.49. The Hall–Kier alpha value is -3.17. The lowest BCUT2D eigenvalue weighted by Gasteiger charge is -2.46. The Bertz CT molecular complexity index is 1080. The second-order valence-corrected chi connectivity index (χ2v) is 9.00. The lowest BCUT2D eigenvalue weighted by Crippen LogP contribution is -2.63. The highest BCUT2D eigenvalue weighted by Gasteiger charge is 2.60. The van der Waals surface area contributed by atoms with E-state index in [9.17, 15) is 24.8 Å². The van der Waals surface area contributed by atoms with Crippen LogP contribution < -0.4 is 0 Å². The molecule has 32 heavy (non-hydrogen) atoms. The molecule has 2 aliphatic rings. The molecule has 0 aliphatic carbocycles. The predicted octanol–water partition coefficient (Wildman–Crippen LogP) is 3.50. The maximum absolute atomic E-state index is 13.1. The van der Waals surface area contributed by atoms with Gasteiger partial charge in [0.25, 0.3) is 5.69 Å². The van der Waals surface area contributed by atoms with E-state index in [1.165, 1.54) is 40.9 Å². The molecule has 166 valence electrons. The molecule has 8 nitrogen and oxygen atoms in total. The van der Waals surface area contributed by atoms with Crippen LogP contribution in [0.4, 0.5) is 5.69 Å². The number of carbonyl (C=O) groups is 2. The minimum Gasteiger partial charge on any atom is -0.456 e. The van der Waals surface area contributed by atoms with Crippen molar-refractivity contribution in [3.63, 3.8) is 0 Å². The third-order valence-electron chi connectivity index (χ3n) is 5.79. The van der Waals surface area contributed by atoms with Crippen LogP contribution in [0, 0.1) is 22.0 Å². The summed E-state index contributed by atoms with van der Waals surface area (Å²) in [4.78, 5) is 39.3. The summed E-state index contributed by atoms with van der Waals surface area (Å²) in [5.74, 6) is -1.62. The number of esters is 1. The molecular formula is C23H22N2O6S. The van der Waals surface area contributed by atoms with Gasteiger partial charge in [-0.15, -0.1) is 0 Å². The molecule has 0 spiro atoms. The first-order valence-corrected chi connectivity index (χ1v) is 11.0. The van der Waals surface area contributed by atoms with Gasteiger partial charge in [-0.05, 0) is 36.8 Å². The van der Waals surface area contributed by atoms with E-state index in [4.69, 9.17) is 4.74 Å². The number of aliphatic hydroxyl groups is 1. The van der Waals surface area contributed by atoms with Crippen LogP contribution in [0.3, 0.4) is 0 Å². The molecule has 0 bridgehead atoms. The van der Waals surface area contributed by atoms with Gasteiger partial charge in [-0.3, -0.25) is 14.9 Å².